The zero-order valence-corrected chi connectivity index (χ0v) is 15.7. The van der Waals surface area contributed by atoms with E-state index in [1.807, 2.05) is 42.0 Å². The second kappa shape index (κ2) is 8.14. The van der Waals surface area contributed by atoms with Crippen molar-refractivity contribution >= 4 is 5.91 Å². The first-order chi connectivity index (χ1) is 13.0. The summed E-state index contributed by atoms with van der Waals surface area (Å²) in [5, 5.41) is 2.91. The van der Waals surface area contributed by atoms with Gasteiger partial charge in [0, 0.05) is 30.2 Å². The highest BCUT2D eigenvalue weighted by Crippen LogP contribution is 2.21. The summed E-state index contributed by atoms with van der Waals surface area (Å²) in [5.41, 5.74) is 2.35. The van der Waals surface area contributed by atoms with Gasteiger partial charge in [0.1, 0.15) is 17.7 Å². The fourth-order valence-corrected chi connectivity index (χ4v) is 3.06. The fraction of sp³-hybridized carbons (Fsp3) is 0.238. The Kier molecular flexibility index (Phi) is 5.66. The Morgan fingerprint density at radius 3 is 2.48 bits per heavy atom. The topological polar surface area (TPSA) is 50.2 Å². The fourth-order valence-electron chi connectivity index (χ4n) is 3.06. The molecule has 3 rings (SSSR count). The molecule has 2 aromatic carbocycles. The molecule has 0 aliphatic rings. The van der Waals surface area contributed by atoms with Crippen LogP contribution in [0.25, 0.3) is 5.69 Å². The van der Waals surface area contributed by atoms with Crippen LogP contribution in [-0.2, 0) is 11.3 Å². The molecule has 140 valence electrons. The van der Waals surface area contributed by atoms with Crippen molar-refractivity contribution in [1.29, 1.82) is 0 Å². The highest BCUT2D eigenvalue weighted by Gasteiger charge is 2.25. The van der Waals surface area contributed by atoms with Crippen LogP contribution in [0.15, 0.2) is 60.9 Å². The van der Waals surface area contributed by atoms with E-state index in [4.69, 9.17) is 0 Å². The molecular weight excluding hydrogens is 343 g/mol. The third-order valence-corrected chi connectivity index (χ3v) is 4.47. The molecule has 0 radical (unpaired) electrons. The molecule has 1 heterocycles. The van der Waals surface area contributed by atoms with Crippen LogP contribution in [0.5, 0.6) is 0 Å². The third kappa shape index (κ3) is 4.23. The Morgan fingerprint density at radius 1 is 1.19 bits per heavy atom. The van der Waals surface area contributed by atoms with E-state index in [0.29, 0.717) is 12.1 Å². The van der Waals surface area contributed by atoms with Crippen molar-refractivity contribution in [2.45, 2.75) is 19.5 Å². The van der Waals surface area contributed by atoms with Crippen LogP contribution in [0, 0.1) is 12.7 Å². The molecule has 1 aromatic heterocycles. The van der Waals surface area contributed by atoms with Crippen LogP contribution in [0.2, 0.25) is 0 Å². The Labute approximate surface area is 158 Å². The lowest BCUT2D eigenvalue weighted by atomic mass is 10.0. The summed E-state index contributed by atoms with van der Waals surface area (Å²) in [6.45, 7) is 2.32. The van der Waals surface area contributed by atoms with Crippen molar-refractivity contribution in [1.82, 2.24) is 19.8 Å². The van der Waals surface area contributed by atoms with Crippen molar-refractivity contribution in [3.05, 3.63) is 83.7 Å². The van der Waals surface area contributed by atoms with Gasteiger partial charge >= 0.3 is 0 Å². The zero-order chi connectivity index (χ0) is 19.4. The minimum Gasteiger partial charge on any atom is -0.350 e. The molecule has 0 aliphatic carbocycles. The van der Waals surface area contributed by atoms with Gasteiger partial charge in [-0.05, 0) is 44.8 Å². The summed E-state index contributed by atoms with van der Waals surface area (Å²) >= 11 is 0. The van der Waals surface area contributed by atoms with Crippen LogP contribution < -0.4 is 5.32 Å². The van der Waals surface area contributed by atoms with E-state index >= 15 is 0 Å². The summed E-state index contributed by atoms with van der Waals surface area (Å²) in [7, 11) is 3.53. The molecule has 0 spiro atoms. The second-order valence-corrected chi connectivity index (χ2v) is 6.62. The number of amides is 1. The number of aromatic nitrogens is 2. The predicted molar refractivity (Wildman–Crippen MR) is 103 cm³/mol. The molecule has 1 amide bonds. The van der Waals surface area contributed by atoms with Crippen molar-refractivity contribution in [2.75, 3.05) is 14.1 Å². The number of hydrogen-bond acceptors (Lipinski definition) is 3. The highest BCUT2D eigenvalue weighted by molar-refractivity contribution is 5.83. The van der Waals surface area contributed by atoms with E-state index in [0.717, 1.165) is 17.1 Å². The molecule has 0 unspecified atom stereocenters. The van der Waals surface area contributed by atoms with Gasteiger partial charge in [0.2, 0.25) is 5.91 Å². The number of halogens is 1. The standard InChI is InChI=1S/C21H23FN4O/c1-15-23-12-13-26(15)17-10-8-16(9-11-17)14-24-21(27)20(25(2)3)18-6-4-5-7-19(18)22/h4-13,20H,14H2,1-3H3,(H,24,27)/t20-/m1/s1. The maximum absolute atomic E-state index is 14.1. The largest absolute Gasteiger partial charge is 0.350 e. The molecule has 0 fully saturated rings. The number of likely N-dealkylation sites (N-methyl/N-ethyl adjacent to an activating group) is 1. The monoisotopic (exact) mass is 366 g/mol. The lowest BCUT2D eigenvalue weighted by Crippen LogP contribution is -2.37. The first kappa shape index (κ1) is 18.8. The van der Waals surface area contributed by atoms with Crippen LogP contribution in [0.4, 0.5) is 4.39 Å². The van der Waals surface area contributed by atoms with Crippen molar-refractivity contribution in [2.24, 2.45) is 0 Å². The van der Waals surface area contributed by atoms with Gasteiger partial charge in [0.05, 0.1) is 0 Å². The Balaban J connectivity index is 1.69. The first-order valence-corrected chi connectivity index (χ1v) is 8.75. The summed E-state index contributed by atoms with van der Waals surface area (Å²) < 4.78 is 16.1. The maximum Gasteiger partial charge on any atom is 0.242 e. The molecule has 0 aliphatic heterocycles. The minimum absolute atomic E-state index is 0.236. The quantitative estimate of drug-likeness (QED) is 0.729. The second-order valence-electron chi connectivity index (χ2n) is 6.62. The van der Waals surface area contributed by atoms with Gasteiger partial charge in [-0.25, -0.2) is 9.37 Å². The average Bonchev–Trinajstić information content (AvgIpc) is 3.08. The van der Waals surface area contributed by atoms with Crippen molar-refractivity contribution < 1.29 is 9.18 Å². The van der Waals surface area contributed by atoms with E-state index in [1.165, 1.54) is 6.07 Å². The number of rotatable bonds is 6. The number of nitrogens with zero attached hydrogens (tertiary/aromatic N) is 3. The summed E-state index contributed by atoms with van der Waals surface area (Å²) in [5.74, 6) is 0.292. The van der Waals surface area contributed by atoms with Gasteiger partial charge in [-0.3, -0.25) is 9.69 Å². The van der Waals surface area contributed by atoms with Crippen molar-refractivity contribution in [3.8, 4) is 5.69 Å². The Hall–Kier alpha value is -2.99. The van der Waals surface area contributed by atoms with Gasteiger partial charge in [-0.2, -0.15) is 0 Å². The van der Waals surface area contributed by atoms with Gasteiger partial charge in [0.15, 0.2) is 0 Å². The van der Waals surface area contributed by atoms with Gasteiger partial charge in [-0.15, -0.1) is 0 Å². The van der Waals surface area contributed by atoms with Crippen molar-refractivity contribution in [3.63, 3.8) is 0 Å². The number of aryl methyl sites for hydroxylation is 1. The van der Waals surface area contributed by atoms with Crippen LogP contribution >= 0.6 is 0 Å². The number of benzene rings is 2. The highest BCUT2D eigenvalue weighted by atomic mass is 19.1. The van der Waals surface area contributed by atoms with Crippen LogP contribution in [0.3, 0.4) is 0 Å². The molecular formula is C21H23FN4O. The summed E-state index contributed by atoms with van der Waals surface area (Å²) in [6, 6.07) is 13.6. The number of carbonyl (C=O) groups excluding carboxylic acids is 1. The molecule has 27 heavy (non-hydrogen) atoms. The number of nitrogens with one attached hydrogen (secondary N) is 1. The van der Waals surface area contributed by atoms with E-state index in [1.54, 1.807) is 43.4 Å². The van der Waals surface area contributed by atoms with Gasteiger partial charge < -0.3 is 9.88 Å². The minimum atomic E-state index is -0.681. The molecule has 6 heteroatoms. The van der Waals surface area contributed by atoms with E-state index in [9.17, 15) is 9.18 Å². The smallest absolute Gasteiger partial charge is 0.242 e. The molecule has 1 atom stereocenters. The predicted octanol–water partition coefficient (Wildman–Crippen LogP) is 3.24. The number of carbonyl (C=O) groups is 1. The summed E-state index contributed by atoms with van der Waals surface area (Å²) in [4.78, 5) is 18.6. The Morgan fingerprint density at radius 2 is 1.89 bits per heavy atom. The number of hydrogen-bond donors (Lipinski definition) is 1. The molecule has 0 bridgehead atoms. The lowest BCUT2D eigenvalue weighted by molar-refractivity contribution is -0.126. The molecule has 3 aromatic rings. The van der Waals surface area contributed by atoms with Gasteiger partial charge in [-0.1, -0.05) is 30.3 Å². The van der Waals surface area contributed by atoms with E-state index < -0.39 is 6.04 Å². The van der Waals surface area contributed by atoms with E-state index in [2.05, 4.69) is 10.3 Å². The van der Waals surface area contributed by atoms with Crippen LogP contribution in [0.1, 0.15) is 23.0 Å². The third-order valence-electron chi connectivity index (χ3n) is 4.47. The molecule has 5 nitrogen and oxygen atoms in total. The SMILES string of the molecule is Cc1nccn1-c1ccc(CNC(=O)[C@@H](c2ccccc2F)N(C)C)cc1. The zero-order valence-electron chi connectivity index (χ0n) is 15.7. The normalized spacial score (nSPS) is 12.2. The average molecular weight is 366 g/mol. The maximum atomic E-state index is 14.1. The van der Waals surface area contributed by atoms with Gasteiger partial charge in [0.25, 0.3) is 0 Å². The van der Waals surface area contributed by atoms with E-state index in [-0.39, 0.29) is 11.7 Å². The number of imidazole rings is 1. The summed E-state index contributed by atoms with van der Waals surface area (Å²) in [6.07, 6.45) is 3.66. The molecule has 0 saturated carbocycles. The van der Waals surface area contributed by atoms with Crippen LogP contribution in [-0.4, -0.2) is 34.5 Å². The lowest BCUT2D eigenvalue weighted by Gasteiger charge is -2.24. The Bertz CT molecular complexity index is 918. The molecule has 0 saturated heterocycles. The molecule has 1 N–H and O–H groups in total. The first-order valence-electron chi connectivity index (χ1n) is 8.75.